The number of carbonyl (C=O) groups excluding carboxylic acids is 2. The van der Waals surface area contributed by atoms with Crippen LogP contribution in [-0.4, -0.2) is 75.2 Å². The van der Waals surface area contributed by atoms with Crippen LogP contribution in [0.3, 0.4) is 0 Å². The molecule has 3 aliphatic heterocycles. The van der Waals surface area contributed by atoms with Crippen LogP contribution in [-0.2, 0) is 35.0 Å². The smallest absolute Gasteiger partial charge is 0.317 e. The molecule has 1 spiro atoms. The molecule has 188 valence electrons. The van der Waals surface area contributed by atoms with Gasteiger partial charge >= 0.3 is 11.9 Å². The molecule has 4 rings (SSSR count). The van der Waals surface area contributed by atoms with Crippen molar-refractivity contribution in [2.24, 2.45) is 5.92 Å². The van der Waals surface area contributed by atoms with Gasteiger partial charge in [-0.25, -0.2) is 0 Å². The molecule has 0 radical (unpaired) electrons. The summed E-state index contributed by atoms with van der Waals surface area (Å²) in [5.74, 6) is -2.48. The first-order valence-corrected chi connectivity index (χ1v) is 11.5. The summed E-state index contributed by atoms with van der Waals surface area (Å²) in [4.78, 5) is 25.3. The van der Waals surface area contributed by atoms with Crippen molar-refractivity contribution in [2.45, 2.75) is 62.6 Å². The molecule has 0 amide bonds. The Kier molecular flexibility index (Phi) is 6.93. The lowest BCUT2D eigenvalue weighted by molar-refractivity contribution is -0.234. The Morgan fingerprint density at radius 2 is 1.85 bits per heavy atom. The van der Waals surface area contributed by atoms with Crippen LogP contribution in [0.1, 0.15) is 38.2 Å². The molecule has 3 fully saturated rings. The third-order valence-corrected chi connectivity index (χ3v) is 6.78. The monoisotopic (exact) mass is 480 g/mol. The molecular formula is C24H32O10. The van der Waals surface area contributed by atoms with E-state index < -0.39 is 41.5 Å². The van der Waals surface area contributed by atoms with E-state index in [0.717, 1.165) is 12.8 Å². The predicted octanol–water partition coefficient (Wildman–Crippen LogP) is 1.78. The highest BCUT2D eigenvalue weighted by atomic mass is 16.7. The van der Waals surface area contributed by atoms with Crippen molar-refractivity contribution in [3.63, 3.8) is 0 Å². The van der Waals surface area contributed by atoms with Gasteiger partial charge in [-0.2, -0.15) is 0 Å². The van der Waals surface area contributed by atoms with Gasteiger partial charge in [0.2, 0.25) is 5.75 Å². The van der Waals surface area contributed by atoms with Gasteiger partial charge in [-0.1, -0.05) is 19.8 Å². The Hall–Kier alpha value is -2.56. The standard InChI is InChI=1S/C24H32O10/c1-5-6-7-8-24(27)20-22(26)31-13-23(20)21(34-24)17(12-32-23)33-18(25)11-14-9-15(28-2)19(30-4)16(10-14)29-3/h9-10,17,20-21,27H,5-8,11-13H2,1-4H3/t17-,20+,21+,23+,24-/m1/s1. The molecule has 10 nitrogen and oxygen atoms in total. The van der Waals surface area contributed by atoms with Crippen LogP contribution in [0.5, 0.6) is 17.2 Å². The minimum atomic E-state index is -1.71. The van der Waals surface area contributed by atoms with Gasteiger partial charge in [-0.3, -0.25) is 9.59 Å². The molecule has 0 aromatic heterocycles. The minimum absolute atomic E-state index is 0.0435. The molecule has 0 aliphatic carbocycles. The molecule has 3 saturated heterocycles. The summed E-state index contributed by atoms with van der Waals surface area (Å²) >= 11 is 0. The van der Waals surface area contributed by atoms with E-state index in [4.69, 9.17) is 33.2 Å². The lowest BCUT2D eigenvalue weighted by atomic mass is 9.81. The number of ether oxygens (including phenoxy) is 7. The van der Waals surface area contributed by atoms with Crippen LogP contribution in [0, 0.1) is 5.92 Å². The molecule has 3 aliphatic rings. The Morgan fingerprint density at radius 1 is 1.15 bits per heavy atom. The fraction of sp³-hybridized carbons (Fsp3) is 0.667. The van der Waals surface area contributed by atoms with Gasteiger partial charge < -0.3 is 38.3 Å². The van der Waals surface area contributed by atoms with E-state index in [9.17, 15) is 14.7 Å². The molecule has 5 atom stereocenters. The largest absolute Gasteiger partial charge is 0.493 e. The van der Waals surface area contributed by atoms with Gasteiger partial charge in [0, 0.05) is 6.42 Å². The maximum absolute atomic E-state index is 12.8. The summed E-state index contributed by atoms with van der Waals surface area (Å²) in [5.41, 5.74) is -0.552. The topological polar surface area (TPSA) is 119 Å². The molecule has 10 heteroatoms. The third-order valence-electron chi connectivity index (χ3n) is 6.78. The zero-order valence-corrected chi connectivity index (χ0v) is 20.0. The molecular weight excluding hydrogens is 448 g/mol. The Morgan fingerprint density at radius 3 is 2.47 bits per heavy atom. The first kappa shape index (κ1) is 24.6. The van der Waals surface area contributed by atoms with Crippen molar-refractivity contribution in [3.05, 3.63) is 17.7 Å². The average molecular weight is 481 g/mol. The highest BCUT2D eigenvalue weighted by molar-refractivity contribution is 5.79. The average Bonchev–Trinajstić information content (AvgIpc) is 3.41. The highest BCUT2D eigenvalue weighted by Gasteiger charge is 2.75. The van der Waals surface area contributed by atoms with Crippen LogP contribution >= 0.6 is 0 Å². The van der Waals surface area contributed by atoms with Crippen LogP contribution < -0.4 is 14.2 Å². The van der Waals surface area contributed by atoms with Crippen LogP contribution in [0.15, 0.2) is 12.1 Å². The fourth-order valence-electron chi connectivity index (χ4n) is 5.21. The number of methoxy groups -OCH3 is 3. The summed E-state index contributed by atoms with van der Waals surface area (Å²) < 4.78 is 38.9. The lowest BCUT2D eigenvalue weighted by Gasteiger charge is -2.28. The maximum Gasteiger partial charge on any atom is 0.317 e. The van der Waals surface area contributed by atoms with E-state index in [2.05, 4.69) is 0 Å². The first-order valence-electron chi connectivity index (χ1n) is 11.5. The van der Waals surface area contributed by atoms with E-state index in [1.165, 1.54) is 21.3 Å². The summed E-state index contributed by atoms with van der Waals surface area (Å²) in [5, 5.41) is 11.2. The van der Waals surface area contributed by atoms with Gasteiger partial charge in [-0.05, 0) is 24.1 Å². The summed E-state index contributed by atoms with van der Waals surface area (Å²) in [7, 11) is 4.49. The van der Waals surface area contributed by atoms with Gasteiger partial charge in [-0.15, -0.1) is 0 Å². The molecule has 34 heavy (non-hydrogen) atoms. The highest BCUT2D eigenvalue weighted by Crippen LogP contribution is 2.55. The number of rotatable bonds is 10. The summed E-state index contributed by atoms with van der Waals surface area (Å²) in [6, 6.07) is 3.35. The number of hydrogen-bond acceptors (Lipinski definition) is 10. The normalized spacial score (nSPS) is 31.6. The third kappa shape index (κ3) is 4.08. The number of benzene rings is 1. The number of unbranched alkanes of at least 4 members (excludes halogenated alkanes) is 2. The zero-order chi connectivity index (χ0) is 24.5. The number of cyclic esters (lactones) is 1. The molecule has 0 unspecified atom stereocenters. The van der Waals surface area contributed by atoms with Gasteiger partial charge in [0.05, 0.1) is 34.4 Å². The van der Waals surface area contributed by atoms with E-state index in [0.29, 0.717) is 29.2 Å². The Balaban J connectivity index is 1.48. The summed E-state index contributed by atoms with van der Waals surface area (Å²) in [6.45, 7) is 2.05. The van der Waals surface area contributed by atoms with Crippen molar-refractivity contribution in [1.29, 1.82) is 0 Å². The van der Waals surface area contributed by atoms with E-state index in [1.54, 1.807) is 12.1 Å². The van der Waals surface area contributed by atoms with Gasteiger partial charge in [0.1, 0.15) is 18.6 Å². The number of aliphatic hydroxyl groups is 1. The van der Waals surface area contributed by atoms with Gasteiger partial charge in [0.15, 0.2) is 29.0 Å². The van der Waals surface area contributed by atoms with E-state index in [-0.39, 0.29) is 26.1 Å². The van der Waals surface area contributed by atoms with E-state index >= 15 is 0 Å². The van der Waals surface area contributed by atoms with Crippen molar-refractivity contribution < 1.29 is 47.9 Å². The lowest BCUT2D eigenvalue weighted by Crippen LogP contribution is -2.47. The molecule has 1 aromatic rings. The van der Waals surface area contributed by atoms with Gasteiger partial charge in [0.25, 0.3) is 0 Å². The SMILES string of the molecule is CCCCC[C@@]1(O)O[C@H]2[C@H](OC(=O)Cc3cc(OC)c(OC)c(OC)c3)CO[C@]23COC(=O)[C@@H]31. The second kappa shape index (κ2) is 9.59. The molecule has 0 saturated carbocycles. The maximum atomic E-state index is 12.8. The predicted molar refractivity (Wildman–Crippen MR) is 117 cm³/mol. The minimum Gasteiger partial charge on any atom is -0.493 e. The Labute approximate surface area is 198 Å². The molecule has 0 bridgehead atoms. The second-order valence-corrected chi connectivity index (χ2v) is 8.89. The number of hydrogen-bond donors (Lipinski definition) is 1. The van der Waals surface area contributed by atoms with E-state index in [1.807, 2.05) is 6.92 Å². The number of carbonyl (C=O) groups is 2. The van der Waals surface area contributed by atoms with Crippen molar-refractivity contribution in [1.82, 2.24) is 0 Å². The van der Waals surface area contributed by atoms with Crippen LogP contribution in [0.4, 0.5) is 0 Å². The quantitative estimate of drug-likeness (QED) is 0.392. The van der Waals surface area contributed by atoms with Crippen molar-refractivity contribution in [2.75, 3.05) is 34.5 Å². The number of esters is 2. The zero-order valence-electron chi connectivity index (χ0n) is 20.0. The fourth-order valence-corrected chi connectivity index (χ4v) is 5.21. The molecule has 3 heterocycles. The molecule has 1 N–H and O–H groups in total. The van der Waals surface area contributed by atoms with Crippen LogP contribution in [0.25, 0.3) is 0 Å². The first-order chi connectivity index (χ1) is 16.3. The van der Waals surface area contributed by atoms with Crippen molar-refractivity contribution >= 4 is 11.9 Å². The second-order valence-electron chi connectivity index (χ2n) is 8.89. The Bertz CT molecular complexity index is 907. The van der Waals surface area contributed by atoms with Crippen molar-refractivity contribution in [3.8, 4) is 17.2 Å². The molecule has 1 aromatic carbocycles. The van der Waals surface area contributed by atoms with Crippen LogP contribution in [0.2, 0.25) is 0 Å². The summed E-state index contributed by atoms with van der Waals surface area (Å²) in [6.07, 6.45) is 1.15.